The number of aliphatic imine (C=N–C) groups is 1. The summed E-state index contributed by atoms with van der Waals surface area (Å²) in [5.74, 6) is 1.26. The highest BCUT2D eigenvalue weighted by atomic mass is 32.2. The Morgan fingerprint density at radius 3 is 2.70 bits per heavy atom. The number of nitrogens with one attached hydrogen (secondary N) is 1. The van der Waals surface area contributed by atoms with Gasteiger partial charge in [0, 0.05) is 18.8 Å². The van der Waals surface area contributed by atoms with Crippen molar-refractivity contribution in [1.82, 2.24) is 5.32 Å². The van der Waals surface area contributed by atoms with Crippen molar-refractivity contribution in [2.75, 3.05) is 12.3 Å². The minimum absolute atomic E-state index is 0.525. The van der Waals surface area contributed by atoms with Crippen molar-refractivity contribution >= 4 is 16.9 Å². The Morgan fingerprint density at radius 1 is 1.20 bits per heavy atom. The molecule has 1 N–H and O–H groups in total. The summed E-state index contributed by atoms with van der Waals surface area (Å²) >= 11 is 1.93. The van der Waals surface area contributed by atoms with Crippen molar-refractivity contribution in [3.8, 4) is 0 Å². The van der Waals surface area contributed by atoms with Crippen LogP contribution in [0.3, 0.4) is 0 Å². The zero-order valence-electron chi connectivity index (χ0n) is 12.3. The van der Waals surface area contributed by atoms with Crippen LogP contribution in [0.25, 0.3) is 0 Å². The Labute approximate surface area is 126 Å². The van der Waals surface area contributed by atoms with Gasteiger partial charge in [0.05, 0.1) is 0 Å². The fraction of sp³-hybridized carbons (Fsp3) is 0.588. The predicted molar refractivity (Wildman–Crippen MR) is 88.3 cm³/mol. The van der Waals surface area contributed by atoms with Gasteiger partial charge in [-0.25, -0.2) is 0 Å². The largest absolute Gasteiger partial charge is 0.361 e. The fourth-order valence-corrected chi connectivity index (χ4v) is 4.40. The van der Waals surface area contributed by atoms with Crippen molar-refractivity contribution in [3.05, 3.63) is 35.4 Å². The van der Waals surface area contributed by atoms with Gasteiger partial charge in [-0.05, 0) is 36.3 Å². The summed E-state index contributed by atoms with van der Waals surface area (Å²) in [5.41, 5.74) is 3.25. The lowest BCUT2D eigenvalue weighted by Crippen LogP contribution is -2.36. The average Bonchev–Trinajstić information content (AvgIpc) is 2.49. The van der Waals surface area contributed by atoms with E-state index >= 15 is 0 Å². The maximum atomic E-state index is 4.82. The van der Waals surface area contributed by atoms with E-state index in [1.807, 2.05) is 11.8 Å². The number of nitrogens with zero attached hydrogens (tertiary/aromatic N) is 1. The third-order valence-electron chi connectivity index (χ3n) is 4.68. The Bertz CT molecular complexity index is 490. The number of thioether (sulfide) groups is 1. The molecule has 0 aromatic heterocycles. The average molecular weight is 288 g/mol. The zero-order valence-corrected chi connectivity index (χ0v) is 13.1. The molecule has 1 aliphatic heterocycles. The quantitative estimate of drug-likeness (QED) is 0.884. The molecule has 1 aromatic carbocycles. The lowest BCUT2D eigenvalue weighted by molar-refractivity contribution is 0.232. The number of rotatable bonds is 2. The van der Waals surface area contributed by atoms with Crippen LogP contribution in [0.15, 0.2) is 29.3 Å². The van der Waals surface area contributed by atoms with Crippen LogP contribution in [-0.4, -0.2) is 17.5 Å². The molecule has 1 aromatic rings. The van der Waals surface area contributed by atoms with Gasteiger partial charge in [0.2, 0.25) is 0 Å². The third kappa shape index (κ3) is 3.20. The van der Waals surface area contributed by atoms with E-state index < -0.39 is 0 Å². The van der Waals surface area contributed by atoms with Crippen LogP contribution in [0.4, 0.5) is 0 Å². The lowest BCUT2D eigenvalue weighted by atomic mass is 9.75. The summed E-state index contributed by atoms with van der Waals surface area (Å²) in [6, 6.07) is 8.57. The van der Waals surface area contributed by atoms with E-state index in [9.17, 15) is 0 Å². The third-order valence-corrected chi connectivity index (χ3v) is 5.98. The van der Waals surface area contributed by atoms with Gasteiger partial charge in [-0.1, -0.05) is 55.3 Å². The maximum Gasteiger partial charge on any atom is 0.156 e. The van der Waals surface area contributed by atoms with E-state index in [2.05, 4.69) is 36.5 Å². The SMILES string of the molecule is Cc1ccccc1CNC1=NCC2(CCCCC2)CS1. The van der Waals surface area contributed by atoms with Crippen LogP contribution < -0.4 is 5.32 Å². The van der Waals surface area contributed by atoms with Gasteiger partial charge in [-0.3, -0.25) is 4.99 Å². The molecule has 1 saturated carbocycles. The second-order valence-electron chi connectivity index (χ2n) is 6.25. The van der Waals surface area contributed by atoms with E-state index in [-0.39, 0.29) is 0 Å². The molecule has 0 radical (unpaired) electrons. The normalized spacial score (nSPS) is 21.6. The van der Waals surface area contributed by atoms with Crippen molar-refractivity contribution in [3.63, 3.8) is 0 Å². The molecule has 0 amide bonds. The molecule has 0 unspecified atom stereocenters. The number of benzene rings is 1. The lowest BCUT2D eigenvalue weighted by Gasteiger charge is -2.38. The first kappa shape index (κ1) is 14.0. The van der Waals surface area contributed by atoms with Crippen LogP contribution >= 0.6 is 11.8 Å². The van der Waals surface area contributed by atoms with Gasteiger partial charge in [-0.15, -0.1) is 0 Å². The molecule has 3 rings (SSSR count). The topological polar surface area (TPSA) is 24.4 Å². The van der Waals surface area contributed by atoms with E-state index in [4.69, 9.17) is 4.99 Å². The molecular formula is C17H24N2S. The minimum Gasteiger partial charge on any atom is -0.361 e. The van der Waals surface area contributed by atoms with Gasteiger partial charge >= 0.3 is 0 Å². The van der Waals surface area contributed by atoms with Gasteiger partial charge in [0.1, 0.15) is 0 Å². The van der Waals surface area contributed by atoms with Crippen molar-refractivity contribution in [2.45, 2.75) is 45.6 Å². The first-order valence-corrected chi connectivity index (χ1v) is 8.72. The molecule has 0 bridgehead atoms. The van der Waals surface area contributed by atoms with E-state index in [1.165, 1.54) is 49.0 Å². The van der Waals surface area contributed by atoms with Gasteiger partial charge in [0.15, 0.2) is 5.17 Å². The summed E-state index contributed by atoms with van der Waals surface area (Å²) in [6.07, 6.45) is 7.00. The number of hydrogen-bond donors (Lipinski definition) is 1. The second-order valence-corrected chi connectivity index (χ2v) is 7.21. The molecule has 1 aliphatic carbocycles. The van der Waals surface area contributed by atoms with Crippen LogP contribution in [0.2, 0.25) is 0 Å². The molecule has 108 valence electrons. The van der Waals surface area contributed by atoms with Crippen LogP contribution in [0.1, 0.15) is 43.2 Å². The Morgan fingerprint density at radius 2 is 2.00 bits per heavy atom. The highest BCUT2D eigenvalue weighted by Gasteiger charge is 2.34. The summed E-state index contributed by atoms with van der Waals surface area (Å²) in [7, 11) is 0. The van der Waals surface area contributed by atoms with Crippen LogP contribution in [-0.2, 0) is 6.54 Å². The highest BCUT2D eigenvalue weighted by molar-refractivity contribution is 8.13. The molecule has 0 atom stereocenters. The Hall–Kier alpha value is -0.960. The number of hydrogen-bond acceptors (Lipinski definition) is 3. The zero-order chi connectivity index (χ0) is 13.8. The van der Waals surface area contributed by atoms with Crippen LogP contribution in [0, 0.1) is 12.3 Å². The van der Waals surface area contributed by atoms with Gasteiger partial charge < -0.3 is 5.32 Å². The second kappa shape index (κ2) is 6.21. The Kier molecular flexibility index (Phi) is 4.35. The predicted octanol–water partition coefficient (Wildman–Crippen LogP) is 4.14. The van der Waals surface area contributed by atoms with Crippen LogP contribution in [0.5, 0.6) is 0 Å². The Balaban J connectivity index is 1.56. The van der Waals surface area contributed by atoms with Gasteiger partial charge in [-0.2, -0.15) is 0 Å². The van der Waals surface area contributed by atoms with E-state index in [0.29, 0.717) is 5.41 Å². The number of amidine groups is 1. The molecule has 20 heavy (non-hydrogen) atoms. The summed E-state index contributed by atoms with van der Waals surface area (Å²) < 4.78 is 0. The summed E-state index contributed by atoms with van der Waals surface area (Å²) in [5, 5.41) is 4.66. The summed E-state index contributed by atoms with van der Waals surface area (Å²) in [6.45, 7) is 4.10. The molecule has 2 aliphatic rings. The number of aryl methyl sites for hydroxylation is 1. The molecule has 1 heterocycles. The van der Waals surface area contributed by atoms with Crippen molar-refractivity contribution in [1.29, 1.82) is 0 Å². The monoisotopic (exact) mass is 288 g/mol. The van der Waals surface area contributed by atoms with E-state index in [1.54, 1.807) is 0 Å². The highest BCUT2D eigenvalue weighted by Crippen LogP contribution is 2.41. The standard InChI is InChI=1S/C17H24N2S/c1-14-7-3-4-8-15(14)11-18-16-19-12-17(13-20-16)9-5-2-6-10-17/h3-4,7-8H,2,5-6,9-13H2,1H3,(H,18,19). The first-order valence-electron chi connectivity index (χ1n) is 7.73. The van der Waals surface area contributed by atoms with Crippen molar-refractivity contribution < 1.29 is 0 Å². The molecule has 1 spiro atoms. The smallest absolute Gasteiger partial charge is 0.156 e. The van der Waals surface area contributed by atoms with E-state index in [0.717, 1.165) is 18.3 Å². The van der Waals surface area contributed by atoms with Gasteiger partial charge in [0.25, 0.3) is 0 Å². The minimum atomic E-state index is 0.525. The fourth-order valence-electron chi connectivity index (χ4n) is 3.24. The molecule has 3 heteroatoms. The maximum absolute atomic E-state index is 4.82. The molecule has 0 saturated heterocycles. The molecule has 2 nitrogen and oxygen atoms in total. The molecule has 1 fully saturated rings. The summed E-state index contributed by atoms with van der Waals surface area (Å²) in [4.78, 5) is 4.82. The first-order chi connectivity index (χ1) is 9.77. The van der Waals surface area contributed by atoms with Crippen molar-refractivity contribution in [2.24, 2.45) is 10.4 Å². The molecular weight excluding hydrogens is 264 g/mol.